The highest BCUT2D eigenvalue weighted by Crippen LogP contribution is 2.45. The molecule has 3 atom stereocenters. The monoisotopic (exact) mass is 761 g/mol. The molecule has 3 N–H and O–H groups in total. The Morgan fingerprint density at radius 1 is 1.04 bits per heavy atom. The van der Waals surface area contributed by atoms with Crippen LogP contribution in [0.2, 0.25) is 0 Å². The van der Waals surface area contributed by atoms with E-state index in [1.54, 1.807) is 17.0 Å². The van der Waals surface area contributed by atoms with E-state index in [0.29, 0.717) is 48.7 Å². The molecule has 290 valence electrons. The van der Waals surface area contributed by atoms with Crippen LogP contribution in [0.25, 0.3) is 11.3 Å². The number of para-hydroxylation sites is 1. The number of hydrogen-bond donors (Lipinski definition) is 3. The highest BCUT2D eigenvalue weighted by atomic mass is 19.1. The van der Waals surface area contributed by atoms with Crippen LogP contribution < -0.4 is 25.2 Å². The van der Waals surface area contributed by atoms with Crippen molar-refractivity contribution in [1.82, 2.24) is 30.3 Å². The summed E-state index contributed by atoms with van der Waals surface area (Å²) < 4.78 is 20.8. The number of aromatic nitrogens is 3. The molecule has 2 aromatic carbocycles. The number of piperazine rings is 1. The second-order valence-electron chi connectivity index (χ2n) is 15.5. The molecule has 56 heavy (non-hydrogen) atoms. The quantitative estimate of drug-likeness (QED) is 0.222. The first-order valence-electron chi connectivity index (χ1n) is 19.3. The number of hydrogen-bond acceptors (Lipinski definition) is 12. The maximum Gasteiger partial charge on any atom is 0.255 e. The van der Waals surface area contributed by atoms with Crippen LogP contribution >= 0.6 is 0 Å². The van der Waals surface area contributed by atoms with E-state index in [-0.39, 0.29) is 29.9 Å². The number of anilines is 3. The number of phenols is 1. The lowest BCUT2D eigenvalue weighted by molar-refractivity contribution is -0.136. The lowest BCUT2D eigenvalue weighted by Crippen LogP contribution is -2.52. The summed E-state index contributed by atoms with van der Waals surface area (Å²) >= 11 is 0. The highest BCUT2D eigenvalue weighted by Gasteiger charge is 2.49. The maximum atomic E-state index is 14.2. The van der Waals surface area contributed by atoms with Crippen molar-refractivity contribution in [3.63, 3.8) is 0 Å². The molecule has 14 nitrogen and oxygen atoms in total. The first-order chi connectivity index (χ1) is 27.1. The number of carbonyl (C=O) groups excluding carboxylic acids is 3. The van der Waals surface area contributed by atoms with Gasteiger partial charge in [-0.3, -0.25) is 29.6 Å². The molecule has 0 aliphatic carbocycles. The van der Waals surface area contributed by atoms with E-state index >= 15 is 0 Å². The SMILES string of the molecule is CC[C@]12CNc3nnc(-c4cccc(F)c4O)cc3N1C[C@H](Oc1cnc(CN3CCN(c4ccc5c(c4)CN([C@H]4CCC(=O)NC4=O)C5=O)CC3)c(C)c1)C2. The van der Waals surface area contributed by atoms with Gasteiger partial charge in [0, 0.05) is 75.5 Å². The molecule has 0 spiro atoms. The molecule has 0 saturated carbocycles. The van der Waals surface area contributed by atoms with Gasteiger partial charge < -0.3 is 29.9 Å². The molecule has 5 aliphatic rings. The molecule has 3 amide bonds. The van der Waals surface area contributed by atoms with E-state index in [4.69, 9.17) is 9.72 Å². The Morgan fingerprint density at radius 3 is 2.66 bits per heavy atom. The molecule has 0 radical (unpaired) electrons. The third kappa shape index (κ3) is 6.33. The van der Waals surface area contributed by atoms with Crippen molar-refractivity contribution in [3.8, 4) is 22.8 Å². The average molecular weight is 762 g/mol. The lowest BCUT2D eigenvalue weighted by Gasteiger charge is -2.43. The molecule has 9 rings (SSSR count). The van der Waals surface area contributed by atoms with Gasteiger partial charge in [0.25, 0.3) is 5.91 Å². The van der Waals surface area contributed by atoms with Crippen LogP contribution in [0.5, 0.6) is 11.5 Å². The van der Waals surface area contributed by atoms with Crippen molar-refractivity contribution < 1.29 is 28.6 Å². The minimum Gasteiger partial charge on any atom is -0.504 e. The summed E-state index contributed by atoms with van der Waals surface area (Å²) in [4.78, 5) is 50.7. The topological polar surface area (TPSA) is 156 Å². The Bertz CT molecular complexity index is 2250. The fraction of sp³-hybridized carbons (Fsp3) is 0.415. The van der Waals surface area contributed by atoms with Gasteiger partial charge in [-0.15, -0.1) is 10.2 Å². The fourth-order valence-corrected chi connectivity index (χ4v) is 9.01. The van der Waals surface area contributed by atoms with E-state index in [2.05, 4.69) is 61.5 Å². The van der Waals surface area contributed by atoms with Crippen molar-refractivity contribution >= 4 is 34.9 Å². The number of carbonyl (C=O) groups is 3. The number of imide groups is 1. The summed E-state index contributed by atoms with van der Waals surface area (Å²) in [5.41, 5.74) is 6.00. The Labute approximate surface area is 323 Å². The Morgan fingerprint density at radius 2 is 1.88 bits per heavy atom. The van der Waals surface area contributed by atoms with Gasteiger partial charge in [0.1, 0.15) is 17.9 Å². The zero-order valence-electron chi connectivity index (χ0n) is 31.4. The number of nitrogens with zero attached hydrogens (tertiary/aromatic N) is 7. The molecule has 0 bridgehead atoms. The number of piperidine rings is 1. The minimum absolute atomic E-state index is 0.0974. The number of amides is 3. The van der Waals surface area contributed by atoms with Crippen LogP contribution in [-0.4, -0.2) is 105 Å². The minimum atomic E-state index is -0.703. The number of fused-ring (bicyclic) bond motifs is 4. The van der Waals surface area contributed by atoms with Crippen LogP contribution in [0.4, 0.5) is 21.6 Å². The maximum absolute atomic E-state index is 14.2. The number of aromatic hydroxyl groups is 1. The number of aryl methyl sites for hydroxylation is 1. The lowest BCUT2D eigenvalue weighted by atomic mass is 9.90. The van der Waals surface area contributed by atoms with E-state index in [1.807, 2.05) is 24.4 Å². The smallest absolute Gasteiger partial charge is 0.255 e. The predicted octanol–water partition coefficient (Wildman–Crippen LogP) is 4.01. The number of phenolic OH excluding ortho intramolecular Hbond substituents is 1. The van der Waals surface area contributed by atoms with Crippen LogP contribution in [0.3, 0.4) is 0 Å². The highest BCUT2D eigenvalue weighted by molar-refractivity contribution is 6.05. The van der Waals surface area contributed by atoms with Crippen LogP contribution in [0.15, 0.2) is 54.7 Å². The van der Waals surface area contributed by atoms with Gasteiger partial charge in [0.05, 0.1) is 35.4 Å². The normalized spacial score (nSPS) is 23.4. The van der Waals surface area contributed by atoms with E-state index in [1.165, 1.54) is 6.07 Å². The van der Waals surface area contributed by atoms with Gasteiger partial charge in [-0.2, -0.15) is 0 Å². The Kier molecular flexibility index (Phi) is 8.98. The second-order valence-corrected chi connectivity index (χ2v) is 15.5. The molecule has 0 unspecified atom stereocenters. The zero-order chi connectivity index (χ0) is 38.7. The number of nitrogens with one attached hydrogen (secondary N) is 2. The summed E-state index contributed by atoms with van der Waals surface area (Å²) in [5, 5.41) is 24.9. The van der Waals surface area contributed by atoms with Gasteiger partial charge in [-0.05, 0) is 73.4 Å². The molecule has 15 heteroatoms. The molecule has 3 fully saturated rings. The number of rotatable bonds is 8. The summed E-state index contributed by atoms with van der Waals surface area (Å²) in [5.74, 6) is -0.619. The standard InChI is InChI=1S/C41H44FN9O5/c1-3-41-18-28(21-51(41)35-17-32(46-47-38(35)44-23-41)30-5-4-6-31(42)37(30)53)56-27-15-24(2)33(43-19-27)22-48-11-13-49(14-12-48)26-7-8-29-25(16-26)20-50(40(29)55)34-9-10-36(52)45-39(34)54/h4-8,15-17,19,28,34,53H,3,9-14,18,20-23H2,1-2H3,(H,44,47)(H,45,52,54)/t28-,34+,41+/m1/s1. The third-order valence-corrected chi connectivity index (χ3v) is 12.2. The van der Waals surface area contributed by atoms with Crippen molar-refractivity contribution in [2.75, 3.05) is 54.4 Å². The molecule has 5 aliphatic heterocycles. The van der Waals surface area contributed by atoms with Gasteiger partial charge in [-0.1, -0.05) is 13.0 Å². The van der Waals surface area contributed by atoms with Crippen molar-refractivity contribution in [1.29, 1.82) is 0 Å². The van der Waals surface area contributed by atoms with E-state index in [9.17, 15) is 23.9 Å². The Hall–Kier alpha value is -5.83. The molecule has 7 heterocycles. The molecule has 3 saturated heterocycles. The number of ether oxygens (including phenoxy) is 1. The molecule has 2 aromatic heterocycles. The first-order valence-corrected chi connectivity index (χ1v) is 19.3. The van der Waals surface area contributed by atoms with Crippen molar-refractivity contribution in [2.45, 2.75) is 70.3 Å². The number of pyridine rings is 1. The fourth-order valence-electron chi connectivity index (χ4n) is 9.01. The van der Waals surface area contributed by atoms with Crippen LogP contribution in [-0.2, 0) is 22.7 Å². The molecular formula is C41H44FN9O5. The Balaban J connectivity index is 0.817. The largest absolute Gasteiger partial charge is 0.504 e. The van der Waals surface area contributed by atoms with Crippen LogP contribution in [0, 0.1) is 12.7 Å². The van der Waals surface area contributed by atoms with Crippen molar-refractivity contribution in [2.24, 2.45) is 0 Å². The van der Waals surface area contributed by atoms with Gasteiger partial charge in [-0.25, -0.2) is 4.39 Å². The summed E-state index contributed by atoms with van der Waals surface area (Å²) in [6.45, 7) is 10.0. The van der Waals surface area contributed by atoms with Crippen LogP contribution in [0.1, 0.15) is 59.8 Å². The number of benzene rings is 2. The summed E-state index contributed by atoms with van der Waals surface area (Å²) in [6.07, 6.45) is 3.98. The van der Waals surface area contributed by atoms with Crippen molar-refractivity contribution in [3.05, 3.63) is 82.9 Å². The number of halogens is 1. The molecule has 4 aromatic rings. The molecular weight excluding hydrogens is 718 g/mol. The average Bonchev–Trinajstić information content (AvgIpc) is 3.74. The van der Waals surface area contributed by atoms with E-state index < -0.39 is 23.5 Å². The summed E-state index contributed by atoms with van der Waals surface area (Å²) in [6, 6.07) is 13.6. The third-order valence-electron chi connectivity index (χ3n) is 12.2. The van der Waals surface area contributed by atoms with E-state index in [0.717, 1.165) is 79.5 Å². The summed E-state index contributed by atoms with van der Waals surface area (Å²) in [7, 11) is 0. The van der Waals surface area contributed by atoms with Gasteiger partial charge in [0.2, 0.25) is 11.8 Å². The zero-order valence-corrected chi connectivity index (χ0v) is 31.4. The second kappa shape index (κ2) is 14.0. The predicted molar refractivity (Wildman–Crippen MR) is 206 cm³/mol. The first kappa shape index (κ1) is 35.8. The van der Waals surface area contributed by atoms with Gasteiger partial charge >= 0.3 is 0 Å². The van der Waals surface area contributed by atoms with Gasteiger partial charge in [0.15, 0.2) is 17.4 Å².